The lowest BCUT2D eigenvalue weighted by atomic mass is 10.1. The number of anilines is 1. The number of carboxylic acids is 1. The lowest BCUT2D eigenvalue weighted by molar-refractivity contribution is -0.137. The fourth-order valence-electron chi connectivity index (χ4n) is 1.26. The van der Waals surface area contributed by atoms with E-state index < -0.39 is 5.97 Å². The van der Waals surface area contributed by atoms with Crippen molar-refractivity contribution in [3.8, 4) is 0 Å². The minimum absolute atomic E-state index is 0.0564. The Morgan fingerprint density at radius 2 is 2.24 bits per heavy atom. The van der Waals surface area contributed by atoms with Crippen molar-refractivity contribution >= 4 is 28.3 Å². The molecule has 1 heterocycles. The second-order valence-corrected chi connectivity index (χ2v) is 5.04. The zero-order valence-corrected chi connectivity index (χ0v) is 10.7. The van der Waals surface area contributed by atoms with Gasteiger partial charge in [0, 0.05) is 18.2 Å². The van der Waals surface area contributed by atoms with Gasteiger partial charge in [-0.25, -0.2) is 4.98 Å². The van der Waals surface area contributed by atoms with Crippen molar-refractivity contribution in [1.82, 2.24) is 4.98 Å². The Morgan fingerprint density at radius 3 is 2.82 bits per heavy atom. The maximum Gasteiger partial charge on any atom is 0.303 e. The number of aryl methyl sites for hydroxylation is 1. The number of carboxylic acid groups (broad SMARTS) is 1. The van der Waals surface area contributed by atoms with Crippen molar-refractivity contribution in [2.45, 2.75) is 33.1 Å². The van der Waals surface area contributed by atoms with Crippen molar-refractivity contribution < 1.29 is 14.7 Å². The first kappa shape index (κ1) is 13.6. The molecule has 6 heteroatoms. The lowest BCUT2D eigenvalue weighted by Crippen LogP contribution is -2.13. The molecule has 0 spiro atoms. The second kappa shape index (κ2) is 6.34. The van der Waals surface area contributed by atoms with Crippen molar-refractivity contribution in [2.24, 2.45) is 5.92 Å². The fourth-order valence-corrected chi connectivity index (χ4v) is 2.02. The normalized spacial score (nSPS) is 10.5. The summed E-state index contributed by atoms with van der Waals surface area (Å²) in [7, 11) is 0. The van der Waals surface area contributed by atoms with E-state index in [4.69, 9.17) is 5.11 Å². The molecule has 2 N–H and O–H groups in total. The first-order chi connectivity index (χ1) is 7.97. The maximum atomic E-state index is 11.5. The summed E-state index contributed by atoms with van der Waals surface area (Å²) in [6, 6.07) is 0. The van der Waals surface area contributed by atoms with Gasteiger partial charge in [-0.3, -0.25) is 9.59 Å². The lowest BCUT2D eigenvalue weighted by Gasteiger charge is -2.03. The zero-order valence-electron chi connectivity index (χ0n) is 9.90. The summed E-state index contributed by atoms with van der Waals surface area (Å²) >= 11 is 1.32. The monoisotopic (exact) mass is 256 g/mol. The Kier molecular flexibility index (Phi) is 5.09. The minimum atomic E-state index is -0.844. The Labute approximate surface area is 104 Å². The standard InChI is InChI=1S/C11H16N2O3S/c1-7(2)5-9(14)13-11-12-8(6-17-11)3-4-10(15)16/h6-7H,3-5H2,1-2H3,(H,15,16)(H,12,13,14). The summed E-state index contributed by atoms with van der Waals surface area (Å²) in [6.07, 6.45) is 0.916. The molecule has 1 aromatic rings. The van der Waals surface area contributed by atoms with Crippen molar-refractivity contribution in [2.75, 3.05) is 5.32 Å². The SMILES string of the molecule is CC(C)CC(=O)Nc1nc(CCC(=O)O)cs1. The van der Waals surface area contributed by atoms with Crippen LogP contribution in [-0.2, 0) is 16.0 Å². The topological polar surface area (TPSA) is 79.3 Å². The van der Waals surface area contributed by atoms with Gasteiger partial charge in [-0.05, 0) is 5.92 Å². The number of hydrogen-bond donors (Lipinski definition) is 2. The fraction of sp³-hybridized carbons (Fsp3) is 0.545. The smallest absolute Gasteiger partial charge is 0.303 e. The molecule has 0 aliphatic carbocycles. The van der Waals surface area contributed by atoms with Crippen LogP contribution in [0.15, 0.2) is 5.38 Å². The number of nitrogens with one attached hydrogen (secondary N) is 1. The highest BCUT2D eigenvalue weighted by Crippen LogP contribution is 2.17. The molecule has 94 valence electrons. The van der Waals surface area contributed by atoms with Crippen LogP contribution in [0.2, 0.25) is 0 Å². The number of thiazole rings is 1. The molecule has 0 bridgehead atoms. The van der Waals surface area contributed by atoms with Gasteiger partial charge >= 0.3 is 5.97 Å². The number of carbonyl (C=O) groups is 2. The molecule has 0 aliphatic heterocycles. The molecule has 0 atom stereocenters. The van der Waals surface area contributed by atoms with E-state index in [0.717, 1.165) is 0 Å². The summed E-state index contributed by atoms with van der Waals surface area (Å²) in [4.78, 5) is 26.0. The average molecular weight is 256 g/mol. The Hall–Kier alpha value is -1.43. The number of nitrogens with zero attached hydrogens (tertiary/aromatic N) is 1. The zero-order chi connectivity index (χ0) is 12.8. The van der Waals surface area contributed by atoms with Gasteiger partial charge in [0.05, 0.1) is 12.1 Å². The third-order valence-corrected chi connectivity index (χ3v) is 2.79. The predicted octanol–water partition coefficient (Wildman–Crippen LogP) is 2.14. The number of aliphatic carboxylic acids is 1. The van der Waals surface area contributed by atoms with Crippen LogP contribution in [-0.4, -0.2) is 22.0 Å². The van der Waals surface area contributed by atoms with E-state index in [2.05, 4.69) is 10.3 Å². The van der Waals surface area contributed by atoms with E-state index in [1.807, 2.05) is 13.8 Å². The van der Waals surface area contributed by atoms with Gasteiger partial charge in [0.1, 0.15) is 0 Å². The summed E-state index contributed by atoms with van der Waals surface area (Å²) in [5.41, 5.74) is 0.706. The molecule has 5 nitrogen and oxygen atoms in total. The van der Waals surface area contributed by atoms with Crippen LogP contribution in [0.4, 0.5) is 5.13 Å². The van der Waals surface area contributed by atoms with E-state index in [1.165, 1.54) is 11.3 Å². The molecule has 17 heavy (non-hydrogen) atoms. The van der Waals surface area contributed by atoms with E-state index in [1.54, 1.807) is 5.38 Å². The number of amides is 1. The van der Waals surface area contributed by atoms with Crippen molar-refractivity contribution in [3.63, 3.8) is 0 Å². The van der Waals surface area contributed by atoms with Crippen LogP contribution < -0.4 is 5.32 Å². The molecule has 0 aliphatic rings. The summed E-state index contributed by atoms with van der Waals surface area (Å²) in [5.74, 6) is -0.594. The van der Waals surface area contributed by atoms with Gasteiger partial charge in [-0.1, -0.05) is 13.8 Å². The minimum Gasteiger partial charge on any atom is -0.481 e. The molecular formula is C11H16N2O3S. The average Bonchev–Trinajstić information content (AvgIpc) is 2.61. The second-order valence-electron chi connectivity index (χ2n) is 4.18. The van der Waals surface area contributed by atoms with Crippen molar-refractivity contribution in [3.05, 3.63) is 11.1 Å². The van der Waals surface area contributed by atoms with Gasteiger partial charge in [-0.2, -0.15) is 0 Å². The van der Waals surface area contributed by atoms with E-state index >= 15 is 0 Å². The molecule has 0 saturated carbocycles. The van der Waals surface area contributed by atoms with Gasteiger partial charge in [0.15, 0.2) is 5.13 Å². The Bertz CT molecular complexity index is 401. The Balaban J connectivity index is 2.45. The first-order valence-electron chi connectivity index (χ1n) is 5.43. The molecule has 0 radical (unpaired) electrons. The number of aromatic nitrogens is 1. The molecule has 1 rings (SSSR count). The van der Waals surface area contributed by atoms with E-state index in [-0.39, 0.29) is 12.3 Å². The molecule has 0 aromatic carbocycles. The van der Waals surface area contributed by atoms with Gasteiger partial charge in [0.25, 0.3) is 0 Å². The quantitative estimate of drug-likeness (QED) is 0.817. The van der Waals surface area contributed by atoms with Crippen LogP contribution in [0, 0.1) is 5.92 Å². The highest BCUT2D eigenvalue weighted by atomic mass is 32.1. The molecular weight excluding hydrogens is 240 g/mol. The summed E-state index contributed by atoms with van der Waals surface area (Å²) < 4.78 is 0. The molecule has 0 unspecified atom stereocenters. The molecule has 1 aromatic heterocycles. The van der Waals surface area contributed by atoms with Crippen LogP contribution >= 0.6 is 11.3 Å². The van der Waals surface area contributed by atoms with E-state index in [0.29, 0.717) is 29.6 Å². The van der Waals surface area contributed by atoms with Gasteiger partial charge in [0.2, 0.25) is 5.91 Å². The predicted molar refractivity (Wildman–Crippen MR) is 66.2 cm³/mol. The first-order valence-corrected chi connectivity index (χ1v) is 6.31. The Morgan fingerprint density at radius 1 is 1.53 bits per heavy atom. The van der Waals surface area contributed by atoms with Crippen LogP contribution in [0.1, 0.15) is 32.4 Å². The highest BCUT2D eigenvalue weighted by molar-refractivity contribution is 7.13. The van der Waals surface area contributed by atoms with Gasteiger partial charge in [-0.15, -0.1) is 11.3 Å². The molecule has 0 saturated heterocycles. The summed E-state index contributed by atoms with van der Waals surface area (Å²) in [5, 5.41) is 13.5. The van der Waals surface area contributed by atoms with Crippen LogP contribution in [0.5, 0.6) is 0 Å². The number of hydrogen-bond acceptors (Lipinski definition) is 4. The maximum absolute atomic E-state index is 11.5. The number of carbonyl (C=O) groups excluding carboxylic acids is 1. The van der Waals surface area contributed by atoms with E-state index in [9.17, 15) is 9.59 Å². The number of rotatable bonds is 6. The highest BCUT2D eigenvalue weighted by Gasteiger charge is 2.09. The van der Waals surface area contributed by atoms with Gasteiger partial charge < -0.3 is 10.4 Å². The third kappa shape index (κ3) is 5.44. The molecule has 0 fully saturated rings. The third-order valence-electron chi connectivity index (χ3n) is 1.99. The van der Waals surface area contributed by atoms with Crippen LogP contribution in [0.25, 0.3) is 0 Å². The molecule has 1 amide bonds. The summed E-state index contributed by atoms with van der Waals surface area (Å²) in [6.45, 7) is 3.94. The van der Waals surface area contributed by atoms with Crippen molar-refractivity contribution in [1.29, 1.82) is 0 Å². The van der Waals surface area contributed by atoms with Crippen LogP contribution in [0.3, 0.4) is 0 Å². The largest absolute Gasteiger partial charge is 0.481 e.